The Bertz CT molecular complexity index is 724. The summed E-state index contributed by atoms with van der Waals surface area (Å²) >= 11 is 6.03. The number of benzene rings is 2. The number of halogens is 1. The Labute approximate surface area is 160 Å². The van der Waals surface area contributed by atoms with Crippen molar-refractivity contribution in [2.24, 2.45) is 0 Å². The van der Waals surface area contributed by atoms with Gasteiger partial charge in [0.15, 0.2) is 0 Å². The highest BCUT2D eigenvalue weighted by Crippen LogP contribution is 2.29. The molecule has 1 aliphatic rings. The molecular weight excluding hydrogens is 350 g/mol. The molecule has 1 N–H and O–H groups in total. The molecule has 2 aromatic rings. The molecule has 5 heteroatoms. The van der Waals surface area contributed by atoms with Gasteiger partial charge in [-0.25, -0.2) is 0 Å². The maximum Gasteiger partial charge on any atom is 0.126 e. The van der Waals surface area contributed by atoms with E-state index < -0.39 is 6.10 Å². The van der Waals surface area contributed by atoms with Crippen LogP contribution in [0.15, 0.2) is 48.5 Å². The number of likely N-dealkylation sites (N-methyl/N-ethyl adjacent to an activating group) is 1. The third-order valence-electron chi connectivity index (χ3n) is 5.03. The number of nitrogens with zero attached hydrogens (tertiary/aromatic N) is 1. The van der Waals surface area contributed by atoms with Crippen LogP contribution in [-0.4, -0.2) is 42.4 Å². The fraction of sp³-hybridized carbons (Fsp3) is 0.429. The molecule has 0 aromatic heterocycles. The Morgan fingerprint density at radius 1 is 1.15 bits per heavy atom. The van der Waals surface area contributed by atoms with E-state index in [-0.39, 0.29) is 12.1 Å². The molecule has 0 spiro atoms. The second kappa shape index (κ2) is 8.76. The molecular formula is C21H26ClNO3. The average Bonchev–Trinajstić information content (AvgIpc) is 2.64. The van der Waals surface area contributed by atoms with E-state index in [2.05, 4.69) is 11.0 Å². The Morgan fingerprint density at radius 3 is 2.73 bits per heavy atom. The largest absolute Gasteiger partial charge is 0.496 e. The van der Waals surface area contributed by atoms with Crippen molar-refractivity contribution in [3.8, 4) is 11.5 Å². The molecule has 1 fully saturated rings. The predicted octanol–water partition coefficient (Wildman–Crippen LogP) is 4.14. The lowest BCUT2D eigenvalue weighted by atomic mass is 9.88. The first kappa shape index (κ1) is 19.0. The van der Waals surface area contributed by atoms with E-state index in [0.29, 0.717) is 10.8 Å². The summed E-state index contributed by atoms with van der Waals surface area (Å²) in [5.74, 6) is 1.57. The van der Waals surface area contributed by atoms with Crippen molar-refractivity contribution in [2.45, 2.75) is 44.1 Å². The lowest BCUT2D eigenvalue weighted by molar-refractivity contribution is -0.0492. The molecule has 4 nitrogen and oxygen atoms in total. The van der Waals surface area contributed by atoms with Gasteiger partial charge in [-0.3, -0.25) is 4.90 Å². The molecule has 3 atom stereocenters. The van der Waals surface area contributed by atoms with E-state index in [1.165, 1.54) is 0 Å². The maximum absolute atomic E-state index is 10.9. The van der Waals surface area contributed by atoms with E-state index >= 15 is 0 Å². The van der Waals surface area contributed by atoms with Crippen LogP contribution < -0.4 is 9.47 Å². The molecule has 0 aliphatic heterocycles. The molecule has 2 aromatic carbocycles. The van der Waals surface area contributed by atoms with Crippen LogP contribution in [0.25, 0.3) is 0 Å². The fourth-order valence-electron chi connectivity index (χ4n) is 3.66. The predicted molar refractivity (Wildman–Crippen MR) is 104 cm³/mol. The zero-order chi connectivity index (χ0) is 18.5. The molecule has 0 amide bonds. The smallest absolute Gasteiger partial charge is 0.126 e. The van der Waals surface area contributed by atoms with Gasteiger partial charge in [0.25, 0.3) is 0 Å². The number of hydrogen-bond acceptors (Lipinski definition) is 4. The summed E-state index contributed by atoms with van der Waals surface area (Å²) in [5, 5.41) is 11.5. The van der Waals surface area contributed by atoms with Crippen molar-refractivity contribution in [3.63, 3.8) is 0 Å². The molecule has 0 radical (unpaired) electrons. The maximum atomic E-state index is 10.9. The number of aliphatic hydroxyl groups is 1. The Morgan fingerprint density at radius 2 is 1.96 bits per heavy atom. The van der Waals surface area contributed by atoms with Crippen LogP contribution in [0.5, 0.6) is 11.5 Å². The molecule has 0 heterocycles. The first-order chi connectivity index (χ1) is 12.6. The van der Waals surface area contributed by atoms with Crippen LogP contribution in [-0.2, 0) is 6.54 Å². The number of para-hydroxylation sites is 1. The Balaban J connectivity index is 1.67. The average molecular weight is 376 g/mol. The molecule has 0 unspecified atom stereocenters. The van der Waals surface area contributed by atoms with Crippen molar-refractivity contribution in [1.82, 2.24) is 4.90 Å². The molecule has 0 saturated heterocycles. The summed E-state index contributed by atoms with van der Waals surface area (Å²) < 4.78 is 11.5. The summed E-state index contributed by atoms with van der Waals surface area (Å²) in [6.07, 6.45) is 2.02. The van der Waals surface area contributed by atoms with Gasteiger partial charge in [0, 0.05) is 23.2 Å². The highest BCUT2D eigenvalue weighted by molar-refractivity contribution is 6.30. The quantitative estimate of drug-likeness (QED) is 0.823. The van der Waals surface area contributed by atoms with Crippen LogP contribution in [0.3, 0.4) is 0 Å². The SMILES string of the molecule is COc1ccccc1CN(C)[C@H]1CCC[C@@H](Oc2cccc(Cl)c2)[C@@H]1O. The van der Waals surface area contributed by atoms with E-state index in [1.54, 1.807) is 13.2 Å². The van der Waals surface area contributed by atoms with Gasteiger partial charge >= 0.3 is 0 Å². The Kier molecular flexibility index (Phi) is 6.41. The Hall–Kier alpha value is -1.75. The summed E-state index contributed by atoms with van der Waals surface area (Å²) in [6, 6.07) is 15.4. The van der Waals surface area contributed by atoms with Gasteiger partial charge in [0.2, 0.25) is 0 Å². The van der Waals surface area contributed by atoms with Gasteiger partial charge in [-0.2, -0.15) is 0 Å². The van der Waals surface area contributed by atoms with E-state index in [9.17, 15) is 5.11 Å². The molecule has 0 bridgehead atoms. The van der Waals surface area contributed by atoms with Crippen molar-refractivity contribution in [2.75, 3.05) is 14.2 Å². The van der Waals surface area contributed by atoms with Gasteiger partial charge in [-0.05, 0) is 50.6 Å². The third kappa shape index (κ3) is 4.50. The van der Waals surface area contributed by atoms with Crippen molar-refractivity contribution in [3.05, 3.63) is 59.1 Å². The van der Waals surface area contributed by atoms with E-state index in [4.69, 9.17) is 21.1 Å². The number of aliphatic hydroxyl groups excluding tert-OH is 1. The lowest BCUT2D eigenvalue weighted by Gasteiger charge is -2.39. The number of rotatable bonds is 6. The second-order valence-corrected chi connectivity index (χ2v) is 7.27. The zero-order valence-electron chi connectivity index (χ0n) is 15.3. The van der Waals surface area contributed by atoms with Gasteiger partial charge < -0.3 is 14.6 Å². The topological polar surface area (TPSA) is 41.9 Å². The van der Waals surface area contributed by atoms with Crippen LogP contribution in [0, 0.1) is 0 Å². The minimum absolute atomic E-state index is 0.0397. The minimum Gasteiger partial charge on any atom is -0.496 e. The molecule has 1 saturated carbocycles. The molecule has 1 aliphatic carbocycles. The summed E-state index contributed by atoms with van der Waals surface area (Å²) in [5.41, 5.74) is 1.11. The standard InChI is InChI=1S/C21H26ClNO3/c1-23(14-15-7-3-4-11-19(15)25-2)18-10-6-12-20(21(18)24)26-17-9-5-8-16(22)13-17/h3-5,7-9,11,13,18,20-21,24H,6,10,12,14H2,1-2H3/t18-,20+,21+/m0/s1. The van der Waals surface area contributed by atoms with Crippen LogP contribution in [0.1, 0.15) is 24.8 Å². The van der Waals surface area contributed by atoms with Gasteiger partial charge in [-0.15, -0.1) is 0 Å². The highest BCUT2D eigenvalue weighted by atomic mass is 35.5. The van der Waals surface area contributed by atoms with Crippen molar-refractivity contribution >= 4 is 11.6 Å². The van der Waals surface area contributed by atoms with E-state index in [1.807, 2.05) is 43.4 Å². The monoisotopic (exact) mass is 375 g/mol. The number of ether oxygens (including phenoxy) is 2. The summed E-state index contributed by atoms with van der Waals surface area (Å²) in [4.78, 5) is 2.19. The summed E-state index contributed by atoms with van der Waals surface area (Å²) in [7, 11) is 3.73. The number of methoxy groups -OCH3 is 1. The van der Waals surface area contributed by atoms with Gasteiger partial charge in [-0.1, -0.05) is 35.9 Å². The van der Waals surface area contributed by atoms with Crippen LogP contribution >= 0.6 is 11.6 Å². The molecule has 140 valence electrons. The highest BCUT2D eigenvalue weighted by Gasteiger charge is 2.35. The fourth-order valence-corrected chi connectivity index (χ4v) is 3.84. The minimum atomic E-state index is -0.553. The van der Waals surface area contributed by atoms with Crippen molar-refractivity contribution < 1.29 is 14.6 Å². The van der Waals surface area contributed by atoms with Crippen LogP contribution in [0.4, 0.5) is 0 Å². The molecule has 26 heavy (non-hydrogen) atoms. The lowest BCUT2D eigenvalue weighted by Crippen LogP contribution is -2.51. The van der Waals surface area contributed by atoms with E-state index in [0.717, 1.165) is 37.1 Å². The second-order valence-electron chi connectivity index (χ2n) is 6.83. The first-order valence-electron chi connectivity index (χ1n) is 9.01. The molecule has 3 rings (SSSR count). The third-order valence-corrected chi connectivity index (χ3v) is 5.26. The van der Waals surface area contributed by atoms with Crippen molar-refractivity contribution in [1.29, 1.82) is 0 Å². The number of hydrogen-bond donors (Lipinski definition) is 1. The van der Waals surface area contributed by atoms with Gasteiger partial charge in [0.1, 0.15) is 23.7 Å². The zero-order valence-corrected chi connectivity index (χ0v) is 16.0. The summed E-state index contributed by atoms with van der Waals surface area (Å²) in [6.45, 7) is 0.718. The normalized spacial score (nSPS) is 23.0. The van der Waals surface area contributed by atoms with Crippen LogP contribution in [0.2, 0.25) is 5.02 Å². The van der Waals surface area contributed by atoms with Gasteiger partial charge in [0.05, 0.1) is 7.11 Å². The first-order valence-corrected chi connectivity index (χ1v) is 9.38.